The summed E-state index contributed by atoms with van der Waals surface area (Å²) in [6.45, 7) is 8.58. The largest absolute Gasteiger partial charge is 0.323 e. The van der Waals surface area contributed by atoms with Crippen molar-refractivity contribution in [1.82, 2.24) is 0 Å². The highest BCUT2D eigenvalue weighted by molar-refractivity contribution is 5.24. The van der Waals surface area contributed by atoms with E-state index >= 15 is 0 Å². The standard InChI is InChI=1S/C15H20O3/c1-11(2)14-8-16-15(17-9-14,18-10-14)13-6-4-12(3)5-7-13/h4-7,11H,8-10H2,1-3H3. The molecular formula is C15H20O3. The van der Waals surface area contributed by atoms with E-state index in [0.29, 0.717) is 25.7 Å². The van der Waals surface area contributed by atoms with Crippen molar-refractivity contribution in [1.29, 1.82) is 0 Å². The molecule has 3 fully saturated rings. The maximum atomic E-state index is 5.91. The number of ether oxygens (including phenoxy) is 3. The van der Waals surface area contributed by atoms with Gasteiger partial charge in [-0.05, 0) is 12.8 Å². The Hall–Kier alpha value is -0.900. The number of fused-ring (bicyclic) bond motifs is 3. The predicted molar refractivity (Wildman–Crippen MR) is 68.0 cm³/mol. The molecule has 1 aromatic carbocycles. The molecule has 0 N–H and O–H groups in total. The first-order chi connectivity index (χ1) is 8.56. The van der Waals surface area contributed by atoms with Crippen LogP contribution < -0.4 is 0 Å². The molecule has 0 radical (unpaired) electrons. The van der Waals surface area contributed by atoms with Gasteiger partial charge in [0.2, 0.25) is 0 Å². The average molecular weight is 248 g/mol. The van der Waals surface area contributed by atoms with Crippen molar-refractivity contribution >= 4 is 0 Å². The summed E-state index contributed by atoms with van der Waals surface area (Å²) in [5, 5.41) is 0. The van der Waals surface area contributed by atoms with E-state index in [1.807, 2.05) is 12.1 Å². The quantitative estimate of drug-likeness (QED) is 0.805. The molecular weight excluding hydrogens is 228 g/mol. The first kappa shape index (κ1) is 12.2. The van der Waals surface area contributed by atoms with Gasteiger partial charge in [0.1, 0.15) is 0 Å². The molecule has 0 aromatic heterocycles. The fourth-order valence-electron chi connectivity index (χ4n) is 2.47. The lowest BCUT2D eigenvalue weighted by molar-refractivity contribution is -0.484. The molecule has 3 nitrogen and oxygen atoms in total. The van der Waals surface area contributed by atoms with Crippen molar-refractivity contribution in [2.45, 2.75) is 26.7 Å². The number of hydrogen-bond donors (Lipinski definition) is 0. The van der Waals surface area contributed by atoms with Crippen LogP contribution in [0.3, 0.4) is 0 Å². The van der Waals surface area contributed by atoms with Gasteiger partial charge in [0, 0.05) is 11.0 Å². The molecule has 98 valence electrons. The summed E-state index contributed by atoms with van der Waals surface area (Å²) < 4.78 is 17.7. The number of rotatable bonds is 2. The normalized spacial score (nSPS) is 35.1. The Morgan fingerprint density at radius 2 is 1.44 bits per heavy atom. The molecule has 0 amide bonds. The van der Waals surface area contributed by atoms with E-state index in [0.717, 1.165) is 5.56 Å². The summed E-state index contributed by atoms with van der Waals surface area (Å²) in [5.41, 5.74) is 2.19. The third-order valence-electron chi connectivity index (χ3n) is 4.28. The van der Waals surface area contributed by atoms with Gasteiger partial charge in [-0.2, -0.15) is 0 Å². The van der Waals surface area contributed by atoms with Gasteiger partial charge in [-0.1, -0.05) is 43.7 Å². The molecule has 3 saturated heterocycles. The lowest BCUT2D eigenvalue weighted by atomic mass is 9.77. The molecule has 18 heavy (non-hydrogen) atoms. The highest BCUT2D eigenvalue weighted by Gasteiger charge is 2.54. The molecule has 1 aromatic rings. The summed E-state index contributed by atoms with van der Waals surface area (Å²) >= 11 is 0. The van der Waals surface area contributed by atoms with Gasteiger partial charge < -0.3 is 14.2 Å². The van der Waals surface area contributed by atoms with Gasteiger partial charge in [0.05, 0.1) is 19.8 Å². The summed E-state index contributed by atoms with van der Waals surface area (Å²) in [6.07, 6.45) is 0. The number of aryl methyl sites for hydroxylation is 1. The second-order valence-corrected chi connectivity index (χ2v) is 5.81. The summed E-state index contributed by atoms with van der Waals surface area (Å²) in [5.74, 6) is -0.474. The van der Waals surface area contributed by atoms with Crippen molar-refractivity contribution < 1.29 is 14.2 Å². The van der Waals surface area contributed by atoms with Gasteiger partial charge in [0.25, 0.3) is 0 Å². The van der Waals surface area contributed by atoms with E-state index in [1.165, 1.54) is 5.56 Å². The zero-order valence-corrected chi connectivity index (χ0v) is 11.2. The van der Waals surface area contributed by atoms with Crippen LogP contribution >= 0.6 is 0 Å². The van der Waals surface area contributed by atoms with E-state index in [2.05, 4.69) is 32.9 Å². The van der Waals surface area contributed by atoms with Crippen molar-refractivity contribution in [3.05, 3.63) is 35.4 Å². The molecule has 3 aliphatic rings. The minimum Gasteiger partial charge on any atom is -0.323 e. The minimum atomic E-state index is -0.968. The maximum absolute atomic E-state index is 5.91. The zero-order chi connectivity index (χ0) is 12.8. The minimum absolute atomic E-state index is 0.0203. The second-order valence-electron chi connectivity index (χ2n) is 5.81. The fraction of sp³-hybridized carbons (Fsp3) is 0.600. The van der Waals surface area contributed by atoms with Crippen LogP contribution in [0.4, 0.5) is 0 Å². The van der Waals surface area contributed by atoms with Gasteiger partial charge in [0.15, 0.2) is 0 Å². The summed E-state index contributed by atoms with van der Waals surface area (Å²) in [7, 11) is 0. The Bertz CT molecular complexity index is 411. The SMILES string of the molecule is Cc1ccc(C23OCC(C(C)C)(CO2)CO3)cc1. The lowest BCUT2D eigenvalue weighted by Gasteiger charge is -2.53. The Balaban J connectivity index is 1.86. The zero-order valence-electron chi connectivity index (χ0n) is 11.2. The maximum Gasteiger partial charge on any atom is 0.312 e. The van der Waals surface area contributed by atoms with Crippen molar-refractivity contribution in [3.8, 4) is 0 Å². The van der Waals surface area contributed by atoms with Gasteiger partial charge in [-0.3, -0.25) is 0 Å². The summed E-state index contributed by atoms with van der Waals surface area (Å²) in [6, 6.07) is 8.14. The third kappa shape index (κ3) is 1.69. The molecule has 0 atom stereocenters. The molecule has 0 saturated carbocycles. The highest BCUT2D eigenvalue weighted by Crippen LogP contribution is 2.47. The Labute approximate surface area is 108 Å². The average Bonchev–Trinajstić information content (AvgIpc) is 2.41. The molecule has 0 unspecified atom stereocenters. The fourth-order valence-corrected chi connectivity index (χ4v) is 2.47. The molecule has 0 aliphatic carbocycles. The van der Waals surface area contributed by atoms with Crippen LogP contribution in [0.15, 0.2) is 24.3 Å². The number of hydrogen-bond acceptors (Lipinski definition) is 3. The lowest BCUT2D eigenvalue weighted by Crippen LogP contribution is -2.60. The molecule has 2 bridgehead atoms. The molecule has 3 heteroatoms. The first-order valence-corrected chi connectivity index (χ1v) is 6.55. The first-order valence-electron chi connectivity index (χ1n) is 6.55. The van der Waals surface area contributed by atoms with E-state index in [1.54, 1.807) is 0 Å². The van der Waals surface area contributed by atoms with E-state index in [-0.39, 0.29) is 5.41 Å². The van der Waals surface area contributed by atoms with E-state index in [9.17, 15) is 0 Å². The smallest absolute Gasteiger partial charge is 0.312 e. The monoisotopic (exact) mass is 248 g/mol. The van der Waals surface area contributed by atoms with Gasteiger partial charge in [-0.25, -0.2) is 0 Å². The van der Waals surface area contributed by atoms with E-state index < -0.39 is 5.97 Å². The van der Waals surface area contributed by atoms with Crippen LogP contribution in [-0.2, 0) is 20.2 Å². The molecule has 3 aliphatic heterocycles. The van der Waals surface area contributed by atoms with Crippen LogP contribution in [0.1, 0.15) is 25.0 Å². The summed E-state index contributed by atoms with van der Waals surface area (Å²) in [4.78, 5) is 0. The van der Waals surface area contributed by atoms with Crippen LogP contribution in [-0.4, -0.2) is 19.8 Å². The van der Waals surface area contributed by atoms with E-state index in [4.69, 9.17) is 14.2 Å². The van der Waals surface area contributed by atoms with Gasteiger partial charge >= 0.3 is 5.97 Å². The molecule has 4 rings (SSSR count). The Morgan fingerprint density at radius 1 is 0.944 bits per heavy atom. The van der Waals surface area contributed by atoms with Crippen LogP contribution in [0.5, 0.6) is 0 Å². The molecule has 0 spiro atoms. The molecule has 3 heterocycles. The van der Waals surface area contributed by atoms with Crippen LogP contribution in [0.2, 0.25) is 0 Å². The van der Waals surface area contributed by atoms with Crippen molar-refractivity contribution in [2.24, 2.45) is 11.3 Å². The van der Waals surface area contributed by atoms with Crippen molar-refractivity contribution in [3.63, 3.8) is 0 Å². The second kappa shape index (κ2) is 4.05. The third-order valence-corrected chi connectivity index (χ3v) is 4.28. The highest BCUT2D eigenvalue weighted by atomic mass is 16.9. The Kier molecular flexibility index (Phi) is 2.73. The van der Waals surface area contributed by atoms with Gasteiger partial charge in [-0.15, -0.1) is 0 Å². The Morgan fingerprint density at radius 3 is 1.89 bits per heavy atom. The number of benzene rings is 1. The topological polar surface area (TPSA) is 27.7 Å². The predicted octanol–water partition coefficient (Wildman–Crippen LogP) is 2.82. The van der Waals surface area contributed by atoms with Crippen molar-refractivity contribution in [2.75, 3.05) is 19.8 Å². The van der Waals surface area contributed by atoms with Crippen LogP contribution in [0, 0.1) is 18.3 Å². The van der Waals surface area contributed by atoms with Crippen LogP contribution in [0.25, 0.3) is 0 Å².